The van der Waals surface area contributed by atoms with E-state index in [1.54, 1.807) is 16.6 Å². The van der Waals surface area contributed by atoms with E-state index in [0.717, 1.165) is 26.9 Å². The van der Waals surface area contributed by atoms with Crippen LogP contribution in [0.1, 0.15) is 28.0 Å². The third kappa shape index (κ3) is 2.72. The summed E-state index contributed by atoms with van der Waals surface area (Å²) in [6.07, 6.45) is 0. The van der Waals surface area contributed by atoms with Gasteiger partial charge >= 0.3 is 5.97 Å². The van der Waals surface area contributed by atoms with Gasteiger partial charge in [0, 0.05) is 6.54 Å². The summed E-state index contributed by atoms with van der Waals surface area (Å²) < 4.78 is 1.78. The Balaban J connectivity index is 1.85. The molecular weight excluding hydrogens is 300 g/mol. The first kappa shape index (κ1) is 14.7. The van der Waals surface area contributed by atoms with Gasteiger partial charge in [-0.1, -0.05) is 41.7 Å². The first-order valence-electron chi connectivity index (χ1n) is 6.89. The van der Waals surface area contributed by atoms with Gasteiger partial charge in [-0.05, 0) is 19.4 Å². The summed E-state index contributed by atoms with van der Waals surface area (Å²) in [5, 5.41) is 17.9. The molecular formula is C15H16N4O2S. The number of carboxylic acids is 1. The molecule has 0 saturated carbocycles. The summed E-state index contributed by atoms with van der Waals surface area (Å²) in [4.78, 5) is 16.8. The second-order valence-electron chi connectivity index (χ2n) is 5.02. The smallest absolute Gasteiger partial charge is 0.325 e. The molecule has 1 aromatic carbocycles. The Bertz CT molecular complexity index is 810. The van der Waals surface area contributed by atoms with Crippen LogP contribution in [0.5, 0.6) is 0 Å². The fourth-order valence-electron chi connectivity index (χ4n) is 2.38. The van der Waals surface area contributed by atoms with E-state index in [-0.39, 0.29) is 0 Å². The van der Waals surface area contributed by atoms with Crippen LogP contribution in [0, 0.1) is 13.8 Å². The van der Waals surface area contributed by atoms with Gasteiger partial charge < -0.3 is 5.11 Å². The predicted molar refractivity (Wildman–Crippen MR) is 84.0 cm³/mol. The first-order chi connectivity index (χ1) is 10.6. The molecule has 3 aromatic rings. The van der Waals surface area contributed by atoms with Crippen molar-refractivity contribution in [3.05, 3.63) is 52.3 Å². The second kappa shape index (κ2) is 5.86. The van der Waals surface area contributed by atoms with Crippen molar-refractivity contribution in [2.45, 2.75) is 26.4 Å². The second-order valence-corrected chi connectivity index (χ2v) is 6.18. The predicted octanol–water partition coefficient (Wildman–Crippen LogP) is 2.32. The molecule has 0 saturated heterocycles. The fraction of sp³-hybridized carbons (Fsp3) is 0.267. The average molecular weight is 316 g/mol. The normalized spacial score (nSPS) is 12.6. The zero-order valence-electron chi connectivity index (χ0n) is 12.3. The lowest BCUT2D eigenvalue weighted by Crippen LogP contribution is -2.28. The van der Waals surface area contributed by atoms with Crippen molar-refractivity contribution < 1.29 is 9.90 Å². The lowest BCUT2D eigenvalue weighted by molar-refractivity contribution is -0.139. The highest BCUT2D eigenvalue weighted by atomic mass is 32.1. The largest absolute Gasteiger partial charge is 0.480 e. The topological polar surface area (TPSA) is 79.5 Å². The minimum atomic E-state index is -0.904. The van der Waals surface area contributed by atoms with E-state index in [9.17, 15) is 9.90 Å². The molecule has 0 radical (unpaired) electrons. The van der Waals surface area contributed by atoms with Crippen LogP contribution in [0.25, 0.3) is 4.96 Å². The maximum Gasteiger partial charge on any atom is 0.325 e. The van der Waals surface area contributed by atoms with E-state index in [0.29, 0.717) is 6.54 Å². The van der Waals surface area contributed by atoms with Crippen molar-refractivity contribution in [3.63, 3.8) is 0 Å². The molecule has 0 amide bonds. The van der Waals surface area contributed by atoms with Crippen molar-refractivity contribution in [1.82, 2.24) is 19.9 Å². The van der Waals surface area contributed by atoms with Crippen LogP contribution < -0.4 is 5.32 Å². The molecule has 0 aliphatic heterocycles. The molecule has 6 nitrogen and oxygen atoms in total. The number of benzene rings is 1. The molecule has 1 atom stereocenters. The molecule has 0 unspecified atom stereocenters. The lowest BCUT2D eigenvalue weighted by Gasteiger charge is -2.14. The number of nitrogens with one attached hydrogen (secondary N) is 1. The molecule has 0 aliphatic carbocycles. The summed E-state index contributed by atoms with van der Waals surface area (Å²) >= 11 is 1.52. The van der Waals surface area contributed by atoms with Crippen LogP contribution in [-0.2, 0) is 11.3 Å². The number of aliphatic carboxylic acids is 1. The third-order valence-corrected chi connectivity index (χ3v) is 4.28. The molecule has 2 heterocycles. The first-order valence-corrected chi connectivity index (χ1v) is 7.70. The molecule has 7 heteroatoms. The molecule has 0 aliphatic rings. The van der Waals surface area contributed by atoms with Crippen LogP contribution >= 0.6 is 11.3 Å². The zero-order chi connectivity index (χ0) is 15.7. The summed E-state index contributed by atoms with van der Waals surface area (Å²) in [6.45, 7) is 4.23. The van der Waals surface area contributed by atoms with E-state index in [2.05, 4.69) is 15.4 Å². The molecule has 22 heavy (non-hydrogen) atoms. The van der Waals surface area contributed by atoms with Crippen LogP contribution in [0.3, 0.4) is 0 Å². The molecule has 2 N–H and O–H groups in total. The van der Waals surface area contributed by atoms with Gasteiger partial charge in [0.1, 0.15) is 11.0 Å². The maximum atomic E-state index is 11.5. The Labute approximate surface area is 131 Å². The number of carboxylic acid groups (broad SMARTS) is 1. The van der Waals surface area contributed by atoms with Gasteiger partial charge in [0.25, 0.3) is 0 Å². The highest BCUT2D eigenvalue weighted by Gasteiger charge is 2.21. The monoisotopic (exact) mass is 316 g/mol. The third-order valence-electron chi connectivity index (χ3n) is 3.45. The summed E-state index contributed by atoms with van der Waals surface area (Å²) in [5.41, 5.74) is 2.48. The van der Waals surface area contributed by atoms with Crippen LogP contribution in [0.15, 0.2) is 30.3 Å². The van der Waals surface area contributed by atoms with Crippen molar-refractivity contribution in [1.29, 1.82) is 0 Å². The number of aryl methyl sites for hydroxylation is 2. The highest BCUT2D eigenvalue weighted by molar-refractivity contribution is 7.16. The Kier molecular flexibility index (Phi) is 3.91. The number of hydrogen-bond donors (Lipinski definition) is 2. The standard InChI is InChI=1S/C15H16N4O2S/c1-9-12(19-15(17-9)22-10(2)18-19)8-16-13(14(20)21)11-6-4-3-5-7-11/h3-7,13,16H,8H2,1-2H3,(H,20,21)/t13-/m0/s1. The number of aromatic nitrogens is 3. The van der Waals surface area contributed by atoms with Crippen LogP contribution in [0.2, 0.25) is 0 Å². The summed E-state index contributed by atoms with van der Waals surface area (Å²) in [7, 11) is 0. The minimum Gasteiger partial charge on any atom is -0.480 e. The molecule has 0 fully saturated rings. The van der Waals surface area contributed by atoms with Gasteiger partial charge in [0.2, 0.25) is 4.96 Å². The van der Waals surface area contributed by atoms with Gasteiger partial charge in [-0.15, -0.1) is 0 Å². The molecule has 0 spiro atoms. The maximum absolute atomic E-state index is 11.5. The summed E-state index contributed by atoms with van der Waals surface area (Å²) in [5.74, 6) is -0.904. The van der Waals surface area contributed by atoms with E-state index in [1.165, 1.54) is 11.3 Å². The van der Waals surface area contributed by atoms with Crippen LogP contribution in [0.4, 0.5) is 0 Å². The Hall–Kier alpha value is -2.25. The lowest BCUT2D eigenvalue weighted by atomic mass is 10.1. The van der Waals surface area contributed by atoms with Crippen molar-refractivity contribution in [3.8, 4) is 0 Å². The minimum absolute atomic E-state index is 0.391. The average Bonchev–Trinajstić information content (AvgIpc) is 2.96. The summed E-state index contributed by atoms with van der Waals surface area (Å²) in [6, 6.07) is 8.38. The zero-order valence-corrected chi connectivity index (χ0v) is 13.1. The van der Waals surface area contributed by atoms with Gasteiger partial charge in [0.05, 0.1) is 11.4 Å². The van der Waals surface area contributed by atoms with E-state index < -0.39 is 12.0 Å². The van der Waals surface area contributed by atoms with E-state index in [4.69, 9.17) is 0 Å². The van der Waals surface area contributed by atoms with Crippen LogP contribution in [-0.4, -0.2) is 25.7 Å². The molecule has 3 rings (SSSR count). The molecule has 114 valence electrons. The number of nitrogens with zero attached hydrogens (tertiary/aromatic N) is 3. The van der Waals surface area contributed by atoms with E-state index in [1.807, 2.05) is 32.0 Å². The molecule has 2 aromatic heterocycles. The number of imidazole rings is 1. The molecule has 0 bridgehead atoms. The van der Waals surface area contributed by atoms with Gasteiger partial charge in [-0.3, -0.25) is 10.1 Å². The number of carbonyl (C=O) groups is 1. The van der Waals surface area contributed by atoms with E-state index >= 15 is 0 Å². The van der Waals surface area contributed by atoms with Gasteiger partial charge in [-0.2, -0.15) is 5.10 Å². The Morgan fingerprint density at radius 2 is 2.09 bits per heavy atom. The van der Waals surface area contributed by atoms with Gasteiger partial charge in [-0.25, -0.2) is 9.50 Å². The Morgan fingerprint density at radius 1 is 1.36 bits per heavy atom. The quantitative estimate of drug-likeness (QED) is 0.755. The highest BCUT2D eigenvalue weighted by Crippen LogP contribution is 2.19. The van der Waals surface area contributed by atoms with Gasteiger partial charge in [0.15, 0.2) is 0 Å². The SMILES string of the molecule is Cc1nn2c(CN[C@H](C(=O)O)c3ccccc3)c(C)nc2s1. The Morgan fingerprint density at radius 3 is 2.77 bits per heavy atom. The number of rotatable bonds is 5. The van der Waals surface area contributed by atoms with Crippen molar-refractivity contribution >= 4 is 22.3 Å². The number of hydrogen-bond acceptors (Lipinski definition) is 5. The van der Waals surface area contributed by atoms with Crippen molar-refractivity contribution in [2.75, 3.05) is 0 Å². The fourth-order valence-corrected chi connectivity index (χ4v) is 3.19. The van der Waals surface area contributed by atoms with Crippen molar-refractivity contribution in [2.24, 2.45) is 0 Å². The number of fused-ring (bicyclic) bond motifs is 1.